The van der Waals surface area contributed by atoms with Gasteiger partial charge in [-0.05, 0) is 23.8 Å². The third-order valence-corrected chi connectivity index (χ3v) is 1.61. The Bertz CT molecular complexity index is 338. The summed E-state index contributed by atoms with van der Waals surface area (Å²) in [6, 6.07) is 5.72. The Hall–Kier alpha value is -1.97. The van der Waals surface area contributed by atoms with E-state index in [1.807, 2.05) is 12.1 Å². The van der Waals surface area contributed by atoms with Crippen LogP contribution >= 0.6 is 0 Å². The zero-order valence-corrected chi connectivity index (χ0v) is 7.42. The van der Waals surface area contributed by atoms with Crippen LogP contribution in [-0.4, -0.2) is 15.0 Å². The van der Waals surface area contributed by atoms with E-state index in [1.54, 1.807) is 24.7 Å². The molecule has 0 bridgehead atoms. The Labute approximate surface area is 81.6 Å². The molecule has 0 aliphatic rings. The molecule has 69 valence electrons. The van der Waals surface area contributed by atoms with Crippen molar-refractivity contribution in [3.05, 3.63) is 48.5 Å². The fraction of sp³-hybridized carbons (Fsp3) is 0.100. The zero-order valence-electron chi connectivity index (χ0n) is 7.42. The highest BCUT2D eigenvalue weighted by molar-refractivity contribution is 5.09. The van der Waals surface area contributed by atoms with Gasteiger partial charge in [0.25, 0.3) is 0 Å². The van der Waals surface area contributed by atoms with Gasteiger partial charge in [-0.3, -0.25) is 4.98 Å². The van der Waals surface area contributed by atoms with E-state index in [0.29, 0.717) is 12.6 Å². The number of aromatic nitrogens is 3. The van der Waals surface area contributed by atoms with E-state index in [2.05, 4.69) is 21.1 Å². The second-order valence-corrected chi connectivity index (χ2v) is 2.61. The minimum atomic E-state index is 0.337. The van der Waals surface area contributed by atoms with Gasteiger partial charge in [-0.25, -0.2) is 4.98 Å². The summed E-state index contributed by atoms with van der Waals surface area (Å²) in [4.78, 5) is 11.6. The first-order chi connectivity index (χ1) is 6.95. The second kappa shape index (κ2) is 4.32. The predicted molar refractivity (Wildman–Crippen MR) is 49.4 cm³/mol. The quantitative estimate of drug-likeness (QED) is 0.723. The summed E-state index contributed by atoms with van der Waals surface area (Å²) in [5.41, 5.74) is 1.03. The van der Waals surface area contributed by atoms with Crippen molar-refractivity contribution in [3.8, 4) is 6.01 Å². The third kappa shape index (κ3) is 2.26. The molecule has 1 radical (unpaired) electrons. The number of nitrogens with zero attached hydrogens (tertiary/aromatic N) is 3. The molecule has 0 aromatic carbocycles. The Kier molecular flexibility index (Phi) is 2.66. The summed E-state index contributed by atoms with van der Waals surface area (Å²) in [6.45, 7) is 0.445. The summed E-state index contributed by atoms with van der Waals surface area (Å²) < 4.78 is 5.31. The Morgan fingerprint density at radius 2 is 2.07 bits per heavy atom. The smallest absolute Gasteiger partial charge is 0.317 e. The first-order valence-electron chi connectivity index (χ1n) is 4.16. The molecule has 0 N–H and O–H groups in total. The number of ether oxygens (including phenoxy) is 1. The van der Waals surface area contributed by atoms with Crippen LogP contribution in [0.2, 0.25) is 0 Å². The molecule has 0 aliphatic heterocycles. The summed E-state index contributed by atoms with van der Waals surface area (Å²) in [5, 5.41) is 0. The van der Waals surface area contributed by atoms with E-state index >= 15 is 0 Å². The average molecular weight is 186 g/mol. The maximum absolute atomic E-state index is 5.31. The van der Waals surface area contributed by atoms with Crippen LogP contribution in [0, 0.1) is 6.20 Å². The number of hydrogen-bond acceptors (Lipinski definition) is 4. The molecule has 2 aromatic rings. The number of rotatable bonds is 3. The lowest BCUT2D eigenvalue weighted by Gasteiger charge is -2.02. The normalized spacial score (nSPS) is 9.71. The Morgan fingerprint density at radius 3 is 2.79 bits per heavy atom. The molecule has 0 saturated carbocycles. The van der Waals surface area contributed by atoms with E-state index in [4.69, 9.17) is 4.74 Å². The first kappa shape index (κ1) is 8.62. The highest BCUT2D eigenvalue weighted by Gasteiger charge is 1.95. The van der Waals surface area contributed by atoms with Gasteiger partial charge < -0.3 is 4.74 Å². The van der Waals surface area contributed by atoms with Gasteiger partial charge in [0, 0.05) is 18.6 Å². The van der Waals surface area contributed by atoms with Gasteiger partial charge in [0.15, 0.2) is 0 Å². The molecular formula is C10H8N3O. The monoisotopic (exact) mass is 186 g/mol. The highest BCUT2D eigenvalue weighted by atomic mass is 16.5. The predicted octanol–water partition coefficient (Wildman–Crippen LogP) is 1.25. The molecular weight excluding hydrogens is 178 g/mol. The van der Waals surface area contributed by atoms with Crippen LogP contribution in [0.25, 0.3) is 0 Å². The Morgan fingerprint density at radius 1 is 1.21 bits per heavy atom. The molecule has 4 heteroatoms. The van der Waals surface area contributed by atoms with Crippen LogP contribution in [0.1, 0.15) is 5.56 Å². The van der Waals surface area contributed by atoms with Crippen molar-refractivity contribution in [2.45, 2.75) is 6.61 Å². The maximum atomic E-state index is 5.31. The third-order valence-electron chi connectivity index (χ3n) is 1.61. The fourth-order valence-electron chi connectivity index (χ4n) is 0.952. The zero-order chi connectivity index (χ0) is 9.64. The minimum absolute atomic E-state index is 0.337. The van der Waals surface area contributed by atoms with E-state index in [1.165, 1.54) is 0 Å². The maximum Gasteiger partial charge on any atom is 0.317 e. The van der Waals surface area contributed by atoms with Gasteiger partial charge >= 0.3 is 6.01 Å². The van der Waals surface area contributed by atoms with E-state index < -0.39 is 0 Å². The van der Waals surface area contributed by atoms with E-state index in [0.717, 1.165) is 5.56 Å². The molecule has 2 rings (SSSR count). The molecule has 0 unspecified atom stereocenters. The van der Waals surface area contributed by atoms with Crippen LogP contribution in [0.3, 0.4) is 0 Å². The lowest BCUT2D eigenvalue weighted by atomic mass is 10.3. The molecule has 0 saturated heterocycles. The van der Waals surface area contributed by atoms with Gasteiger partial charge in [-0.2, -0.15) is 4.98 Å². The van der Waals surface area contributed by atoms with Gasteiger partial charge in [0.1, 0.15) is 6.61 Å². The van der Waals surface area contributed by atoms with Crippen molar-refractivity contribution in [2.75, 3.05) is 0 Å². The highest BCUT2D eigenvalue weighted by Crippen LogP contribution is 2.03. The van der Waals surface area contributed by atoms with Crippen LogP contribution in [0.4, 0.5) is 0 Å². The van der Waals surface area contributed by atoms with Crippen molar-refractivity contribution in [3.63, 3.8) is 0 Å². The largest absolute Gasteiger partial charge is 0.459 e. The molecule has 2 aromatic heterocycles. The lowest BCUT2D eigenvalue weighted by Crippen LogP contribution is -1.98. The summed E-state index contributed by atoms with van der Waals surface area (Å²) in [5.74, 6) is 0. The van der Waals surface area contributed by atoms with Gasteiger partial charge in [-0.15, -0.1) is 0 Å². The first-order valence-corrected chi connectivity index (χ1v) is 4.16. The Balaban J connectivity index is 1.96. The van der Waals surface area contributed by atoms with Crippen LogP contribution in [-0.2, 0) is 6.61 Å². The van der Waals surface area contributed by atoms with E-state index in [-0.39, 0.29) is 0 Å². The van der Waals surface area contributed by atoms with Crippen LogP contribution < -0.4 is 4.74 Å². The van der Waals surface area contributed by atoms with E-state index in [9.17, 15) is 0 Å². The molecule has 0 atom stereocenters. The van der Waals surface area contributed by atoms with Gasteiger partial charge in [0.05, 0.1) is 6.20 Å². The standard InChI is InChI=1S/C10H8N3O/c1-4-12-10(13-5-1)14-8-9-2-6-11-7-3-9/h1-4,6-7H,8H2. The topological polar surface area (TPSA) is 47.9 Å². The van der Waals surface area contributed by atoms with Crippen molar-refractivity contribution >= 4 is 0 Å². The molecule has 0 aliphatic carbocycles. The number of pyridine rings is 1. The molecule has 14 heavy (non-hydrogen) atoms. The average Bonchev–Trinajstić information content (AvgIpc) is 2.29. The van der Waals surface area contributed by atoms with Crippen LogP contribution in [0.5, 0.6) is 6.01 Å². The van der Waals surface area contributed by atoms with Crippen molar-refractivity contribution in [1.29, 1.82) is 0 Å². The van der Waals surface area contributed by atoms with Gasteiger partial charge in [-0.1, -0.05) is 0 Å². The van der Waals surface area contributed by atoms with Crippen molar-refractivity contribution < 1.29 is 4.74 Å². The fourth-order valence-corrected chi connectivity index (χ4v) is 0.952. The lowest BCUT2D eigenvalue weighted by molar-refractivity contribution is 0.280. The molecule has 2 heterocycles. The molecule has 4 nitrogen and oxygen atoms in total. The SMILES string of the molecule is [c]1ccnc(OCc2ccncc2)n1. The summed E-state index contributed by atoms with van der Waals surface area (Å²) >= 11 is 0. The number of hydrogen-bond donors (Lipinski definition) is 0. The minimum Gasteiger partial charge on any atom is -0.459 e. The summed E-state index contributed by atoms with van der Waals surface area (Å²) in [6.07, 6.45) is 7.68. The molecule has 0 spiro atoms. The van der Waals surface area contributed by atoms with Crippen molar-refractivity contribution in [1.82, 2.24) is 15.0 Å². The summed E-state index contributed by atoms with van der Waals surface area (Å²) in [7, 11) is 0. The van der Waals surface area contributed by atoms with Crippen molar-refractivity contribution in [2.24, 2.45) is 0 Å². The molecule has 0 amide bonds. The van der Waals surface area contributed by atoms with Crippen LogP contribution in [0.15, 0.2) is 36.8 Å². The second-order valence-electron chi connectivity index (χ2n) is 2.61. The molecule has 0 fully saturated rings. The van der Waals surface area contributed by atoms with Gasteiger partial charge in [0.2, 0.25) is 0 Å².